The second kappa shape index (κ2) is 5.45. The van der Waals surface area contributed by atoms with E-state index in [1.54, 1.807) is 0 Å². The molecule has 0 aromatic heterocycles. The number of rotatable bonds is 0. The van der Waals surface area contributed by atoms with Crippen LogP contribution in [0.25, 0.3) is 0 Å². The van der Waals surface area contributed by atoms with Crippen LogP contribution in [0.1, 0.15) is 25.7 Å². The largest absolute Gasteiger partial charge is 0.237 e. The summed E-state index contributed by atoms with van der Waals surface area (Å²) in [6, 6.07) is 0. The smallest absolute Gasteiger partial charge is 0.0856 e. The summed E-state index contributed by atoms with van der Waals surface area (Å²) in [5.41, 5.74) is 0. The van der Waals surface area contributed by atoms with Gasteiger partial charge in [-0.15, -0.1) is 0 Å². The molecule has 0 amide bonds. The van der Waals surface area contributed by atoms with Gasteiger partial charge in [0.2, 0.25) is 0 Å². The molecule has 0 bridgehead atoms. The lowest BCUT2D eigenvalue weighted by molar-refractivity contribution is -0.294. The van der Waals surface area contributed by atoms with E-state index in [1.165, 1.54) is 12.8 Å². The average molecular weight is 142 g/mol. The van der Waals surface area contributed by atoms with Crippen LogP contribution in [0, 0.1) is 0 Å². The van der Waals surface area contributed by atoms with Crippen molar-refractivity contribution in [3.63, 3.8) is 0 Å². The molecule has 0 unspecified atom stereocenters. The molecule has 1 aliphatic heterocycles. The first kappa shape index (κ1) is 7.76. The van der Waals surface area contributed by atoms with Gasteiger partial charge in [-0.25, -0.2) is 9.78 Å². The number of hydrogen-bond donors (Lipinski definition) is 0. The maximum absolute atomic E-state index is 4.88. The Balaban J connectivity index is 2.13. The summed E-state index contributed by atoms with van der Waals surface area (Å²) in [6.45, 7) is 1.43. The Kier molecular flexibility index (Phi) is 4.23. The van der Waals surface area contributed by atoms with E-state index in [9.17, 15) is 0 Å². The van der Waals surface area contributed by atoms with Crippen LogP contribution >= 0.6 is 0 Å². The number of hydrogen-bond acceptors (Lipinski definition) is 2. The molecule has 1 rings (SSSR count). The van der Waals surface area contributed by atoms with E-state index in [0.29, 0.717) is 6.61 Å². The summed E-state index contributed by atoms with van der Waals surface area (Å²) >= 11 is 0. The van der Waals surface area contributed by atoms with Gasteiger partial charge in [0.25, 0.3) is 0 Å². The summed E-state index contributed by atoms with van der Waals surface area (Å²) in [5, 5.41) is 0. The normalized spacial score (nSPS) is 25.6. The van der Waals surface area contributed by atoms with Crippen LogP contribution in [0.4, 0.5) is 0 Å². The fourth-order valence-electron chi connectivity index (χ4n) is 0.893. The minimum atomic E-state index is 0.691. The lowest BCUT2D eigenvalue weighted by Gasteiger charge is -2.03. The van der Waals surface area contributed by atoms with Crippen molar-refractivity contribution in [3.05, 3.63) is 12.2 Å². The molecule has 1 aliphatic rings. The van der Waals surface area contributed by atoms with Crippen LogP contribution in [0.2, 0.25) is 0 Å². The summed E-state index contributed by atoms with van der Waals surface area (Å²) in [6.07, 6.45) is 8.83. The fourth-order valence-corrected chi connectivity index (χ4v) is 0.893. The Bertz CT molecular complexity index is 87.4. The first-order chi connectivity index (χ1) is 5.00. The van der Waals surface area contributed by atoms with Crippen molar-refractivity contribution >= 4 is 0 Å². The van der Waals surface area contributed by atoms with Gasteiger partial charge in [0, 0.05) is 0 Å². The highest BCUT2D eigenvalue weighted by molar-refractivity contribution is 4.81. The third-order valence-corrected chi connectivity index (χ3v) is 1.47. The lowest BCUT2D eigenvalue weighted by atomic mass is 10.2. The summed E-state index contributed by atoms with van der Waals surface area (Å²) in [4.78, 5) is 9.73. The Hall–Kier alpha value is -0.340. The highest BCUT2D eigenvalue weighted by Crippen LogP contribution is 2.00. The minimum absolute atomic E-state index is 0.691. The summed E-state index contributed by atoms with van der Waals surface area (Å²) in [7, 11) is 0. The molecule has 1 heterocycles. The first-order valence-electron chi connectivity index (χ1n) is 3.89. The van der Waals surface area contributed by atoms with Gasteiger partial charge in [-0.2, -0.15) is 0 Å². The second-order valence-corrected chi connectivity index (χ2v) is 2.40. The van der Waals surface area contributed by atoms with Crippen LogP contribution in [-0.4, -0.2) is 13.2 Å². The van der Waals surface area contributed by atoms with E-state index in [2.05, 4.69) is 12.2 Å². The quantitative estimate of drug-likeness (QED) is 0.381. The SMILES string of the molecule is C1=C\CCOOCCCC/1. The minimum Gasteiger partial charge on any atom is -0.237 e. The molecule has 0 saturated carbocycles. The predicted octanol–water partition coefficient (Wildman–Crippen LogP) is 2.06. The number of allylic oxidation sites excluding steroid dienone is 1. The van der Waals surface area contributed by atoms with Gasteiger partial charge in [0.15, 0.2) is 0 Å². The van der Waals surface area contributed by atoms with Gasteiger partial charge in [-0.05, 0) is 25.7 Å². The molecule has 0 spiro atoms. The molecule has 0 fully saturated rings. The zero-order valence-corrected chi connectivity index (χ0v) is 6.21. The zero-order valence-electron chi connectivity index (χ0n) is 6.21. The van der Waals surface area contributed by atoms with Gasteiger partial charge in [0.05, 0.1) is 13.2 Å². The van der Waals surface area contributed by atoms with Crippen molar-refractivity contribution in [2.75, 3.05) is 13.2 Å². The Morgan fingerprint density at radius 3 is 2.60 bits per heavy atom. The van der Waals surface area contributed by atoms with Gasteiger partial charge < -0.3 is 0 Å². The van der Waals surface area contributed by atoms with E-state index >= 15 is 0 Å². The molecule has 0 radical (unpaired) electrons. The molecule has 0 N–H and O–H groups in total. The first-order valence-corrected chi connectivity index (χ1v) is 3.89. The van der Waals surface area contributed by atoms with Crippen molar-refractivity contribution in [3.8, 4) is 0 Å². The molecule has 58 valence electrons. The summed E-state index contributed by atoms with van der Waals surface area (Å²) in [5.74, 6) is 0. The lowest BCUT2D eigenvalue weighted by Crippen LogP contribution is -1.98. The monoisotopic (exact) mass is 142 g/mol. The fraction of sp³-hybridized carbons (Fsp3) is 0.750. The molecular formula is C8H14O2. The molecule has 2 heteroatoms. The van der Waals surface area contributed by atoms with E-state index in [1.807, 2.05) is 0 Å². The maximum atomic E-state index is 4.88. The van der Waals surface area contributed by atoms with Crippen molar-refractivity contribution in [2.45, 2.75) is 25.7 Å². The molecule has 0 aromatic rings. The molecular weight excluding hydrogens is 128 g/mol. The van der Waals surface area contributed by atoms with E-state index < -0.39 is 0 Å². The summed E-state index contributed by atoms with van der Waals surface area (Å²) < 4.78 is 0. The topological polar surface area (TPSA) is 18.5 Å². The Morgan fingerprint density at radius 1 is 0.800 bits per heavy atom. The van der Waals surface area contributed by atoms with Crippen LogP contribution in [-0.2, 0) is 9.78 Å². The molecule has 2 nitrogen and oxygen atoms in total. The Morgan fingerprint density at radius 2 is 1.60 bits per heavy atom. The van der Waals surface area contributed by atoms with Crippen LogP contribution in [0.3, 0.4) is 0 Å². The molecule has 0 aliphatic carbocycles. The van der Waals surface area contributed by atoms with Crippen molar-refractivity contribution in [1.29, 1.82) is 0 Å². The van der Waals surface area contributed by atoms with Gasteiger partial charge in [-0.3, -0.25) is 0 Å². The van der Waals surface area contributed by atoms with Gasteiger partial charge in [-0.1, -0.05) is 12.2 Å². The van der Waals surface area contributed by atoms with Crippen molar-refractivity contribution in [2.24, 2.45) is 0 Å². The third-order valence-electron chi connectivity index (χ3n) is 1.47. The van der Waals surface area contributed by atoms with E-state index in [4.69, 9.17) is 9.78 Å². The van der Waals surface area contributed by atoms with Crippen LogP contribution in [0.15, 0.2) is 12.2 Å². The van der Waals surface area contributed by atoms with E-state index in [-0.39, 0.29) is 0 Å². The molecule has 0 saturated heterocycles. The van der Waals surface area contributed by atoms with Crippen molar-refractivity contribution in [1.82, 2.24) is 0 Å². The standard InChI is InChI=1S/C8H14O2/c1-2-4-6-8-10-9-7-5-3-1/h1,3H,2,4-8H2/b3-1-. The zero-order chi connectivity index (χ0) is 7.07. The molecule has 0 aromatic carbocycles. The van der Waals surface area contributed by atoms with E-state index in [0.717, 1.165) is 19.4 Å². The highest BCUT2D eigenvalue weighted by Gasteiger charge is 1.91. The maximum Gasteiger partial charge on any atom is 0.0856 e. The second-order valence-electron chi connectivity index (χ2n) is 2.40. The van der Waals surface area contributed by atoms with Gasteiger partial charge >= 0.3 is 0 Å². The molecule has 10 heavy (non-hydrogen) atoms. The predicted molar refractivity (Wildman–Crippen MR) is 39.5 cm³/mol. The van der Waals surface area contributed by atoms with Crippen molar-refractivity contribution < 1.29 is 9.78 Å². The highest BCUT2D eigenvalue weighted by atomic mass is 17.2. The Labute approximate surface area is 61.8 Å². The average Bonchev–Trinajstić information content (AvgIpc) is 2.01. The van der Waals surface area contributed by atoms with Crippen LogP contribution in [0.5, 0.6) is 0 Å². The molecule has 0 atom stereocenters. The van der Waals surface area contributed by atoms with Crippen LogP contribution < -0.4 is 0 Å². The third kappa shape index (κ3) is 3.64. The van der Waals surface area contributed by atoms with Gasteiger partial charge in [0.1, 0.15) is 0 Å².